The number of ether oxygens (including phenoxy) is 1. The van der Waals surface area contributed by atoms with E-state index in [1.54, 1.807) is 6.92 Å². The van der Waals surface area contributed by atoms with Crippen molar-refractivity contribution in [3.63, 3.8) is 0 Å². The third kappa shape index (κ3) is 3.04. The van der Waals surface area contributed by atoms with E-state index in [-0.39, 0.29) is 29.9 Å². The van der Waals surface area contributed by atoms with Gasteiger partial charge in [-0.25, -0.2) is 9.97 Å². The van der Waals surface area contributed by atoms with Crippen molar-refractivity contribution in [1.29, 1.82) is 0 Å². The van der Waals surface area contributed by atoms with Gasteiger partial charge in [-0.2, -0.15) is 13.2 Å². The van der Waals surface area contributed by atoms with Crippen LogP contribution < -0.4 is 10.6 Å². The first-order valence-corrected chi connectivity index (χ1v) is 7.08. The van der Waals surface area contributed by atoms with Gasteiger partial charge in [0, 0.05) is 12.6 Å². The Morgan fingerprint density at radius 1 is 1.29 bits per heavy atom. The number of hydrogen-bond donors (Lipinski definition) is 2. The van der Waals surface area contributed by atoms with E-state index in [2.05, 4.69) is 20.6 Å². The van der Waals surface area contributed by atoms with Gasteiger partial charge in [-0.15, -0.1) is 0 Å². The van der Waals surface area contributed by atoms with E-state index in [1.165, 1.54) is 6.07 Å². The third-order valence-electron chi connectivity index (χ3n) is 3.78. The van der Waals surface area contributed by atoms with Crippen LogP contribution in [0.1, 0.15) is 32.0 Å². The van der Waals surface area contributed by atoms with E-state index >= 15 is 0 Å². The van der Waals surface area contributed by atoms with E-state index in [9.17, 15) is 13.2 Å². The molecule has 2 N–H and O–H groups in total. The van der Waals surface area contributed by atoms with Crippen molar-refractivity contribution in [3.05, 3.63) is 11.9 Å². The van der Waals surface area contributed by atoms with Gasteiger partial charge in [-0.1, -0.05) is 0 Å². The van der Waals surface area contributed by atoms with Crippen LogP contribution in [0.5, 0.6) is 0 Å². The summed E-state index contributed by atoms with van der Waals surface area (Å²) >= 11 is 0. The van der Waals surface area contributed by atoms with Crippen LogP contribution in [0.25, 0.3) is 0 Å². The summed E-state index contributed by atoms with van der Waals surface area (Å²) in [7, 11) is 0. The number of anilines is 2. The van der Waals surface area contributed by atoms with Crippen LogP contribution in [-0.2, 0) is 10.9 Å². The Bertz CT molecular complexity index is 523. The van der Waals surface area contributed by atoms with Crippen LogP contribution >= 0.6 is 0 Å². The molecule has 8 heteroatoms. The Morgan fingerprint density at radius 3 is 2.62 bits per heavy atom. The number of alkyl halides is 3. The number of rotatable bonds is 4. The van der Waals surface area contributed by atoms with Gasteiger partial charge in [0.05, 0.1) is 18.2 Å². The second-order valence-corrected chi connectivity index (χ2v) is 5.35. The van der Waals surface area contributed by atoms with Crippen LogP contribution in [0, 0.1) is 0 Å². The normalized spacial score (nSPS) is 27.9. The second-order valence-electron chi connectivity index (χ2n) is 5.35. The maximum atomic E-state index is 12.8. The van der Waals surface area contributed by atoms with Gasteiger partial charge >= 0.3 is 6.18 Å². The number of fused-ring (bicyclic) bond motifs is 2. The summed E-state index contributed by atoms with van der Waals surface area (Å²) in [5.74, 6) is -0.770. The highest BCUT2D eigenvalue weighted by Gasteiger charge is 2.41. The molecule has 0 saturated carbocycles. The Labute approximate surface area is 120 Å². The van der Waals surface area contributed by atoms with Gasteiger partial charge < -0.3 is 15.4 Å². The molecule has 2 aliphatic rings. The zero-order valence-electron chi connectivity index (χ0n) is 11.6. The second kappa shape index (κ2) is 5.32. The lowest BCUT2D eigenvalue weighted by Crippen LogP contribution is -2.31. The van der Waals surface area contributed by atoms with Crippen LogP contribution in [0.3, 0.4) is 0 Å². The summed E-state index contributed by atoms with van der Waals surface area (Å²) in [6.07, 6.45) is -1.48. The van der Waals surface area contributed by atoms with Crippen LogP contribution in [0.15, 0.2) is 6.07 Å². The lowest BCUT2D eigenvalue weighted by Gasteiger charge is -2.21. The average molecular weight is 302 g/mol. The topological polar surface area (TPSA) is 59.1 Å². The molecule has 0 aliphatic carbocycles. The Kier molecular flexibility index (Phi) is 3.64. The molecular formula is C13H17F3N4O. The first kappa shape index (κ1) is 14.4. The van der Waals surface area contributed by atoms with Crippen molar-refractivity contribution in [2.75, 3.05) is 17.2 Å². The zero-order valence-corrected chi connectivity index (χ0v) is 11.6. The smallest absolute Gasteiger partial charge is 0.373 e. The molecule has 0 aromatic carbocycles. The molecule has 2 saturated heterocycles. The van der Waals surface area contributed by atoms with E-state index in [0.29, 0.717) is 6.54 Å². The molecule has 2 fully saturated rings. The molecule has 2 aliphatic heterocycles. The molecule has 116 valence electrons. The minimum atomic E-state index is -4.56. The van der Waals surface area contributed by atoms with Gasteiger partial charge in [0.1, 0.15) is 11.6 Å². The summed E-state index contributed by atoms with van der Waals surface area (Å²) in [4.78, 5) is 7.09. The monoisotopic (exact) mass is 302 g/mol. The fraction of sp³-hybridized carbons (Fsp3) is 0.692. The highest BCUT2D eigenvalue weighted by atomic mass is 19.4. The van der Waals surface area contributed by atoms with Gasteiger partial charge in [0.15, 0.2) is 0 Å². The summed E-state index contributed by atoms with van der Waals surface area (Å²) in [6, 6.07) is 1.53. The molecular weight excluding hydrogens is 285 g/mol. The quantitative estimate of drug-likeness (QED) is 0.895. The van der Waals surface area contributed by atoms with Crippen LogP contribution in [0.2, 0.25) is 0 Å². The lowest BCUT2D eigenvalue weighted by atomic mass is 9.95. The van der Waals surface area contributed by atoms with Crippen molar-refractivity contribution in [1.82, 2.24) is 9.97 Å². The predicted molar refractivity (Wildman–Crippen MR) is 71.1 cm³/mol. The Hall–Kier alpha value is -1.57. The average Bonchev–Trinajstić information content (AvgIpc) is 3.00. The highest BCUT2D eigenvalue weighted by molar-refractivity contribution is 5.48. The molecule has 3 rings (SSSR count). The van der Waals surface area contributed by atoms with Gasteiger partial charge in [0.25, 0.3) is 0 Å². The van der Waals surface area contributed by atoms with Crippen LogP contribution in [0.4, 0.5) is 24.8 Å². The standard InChI is InChI=1S/C13H17F3N4O/c1-2-17-10-6-11(20-12(19-10)13(14,15)16)18-8-5-7-3-4-9(8)21-7/h6-9H,2-5H2,1H3,(H2,17,18,19,20). The lowest BCUT2D eigenvalue weighted by molar-refractivity contribution is -0.144. The number of aromatic nitrogens is 2. The maximum Gasteiger partial charge on any atom is 0.451 e. The van der Waals surface area contributed by atoms with E-state index in [4.69, 9.17) is 4.74 Å². The van der Waals surface area contributed by atoms with Crippen molar-refractivity contribution >= 4 is 11.6 Å². The molecule has 1 aromatic heterocycles. The molecule has 21 heavy (non-hydrogen) atoms. The number of halogens is 3. The van der Waals surface area contributed by atoms with Crippen molar-refractivity contribution in [3.8, 4) is 0 Å². The van der Waals surface area contributed by atoms with Crippen molar-refractivity contribution < 1.29 is 17.9 Å². The third-order valence-corrected chi connectivity index (χ3v) is 3.78. The summed E-state index contributed by atoms with van der Waals surface area (Å²) < 4.78 is 44.2. The highest BCUT2D eigenvalue weighted by Crippen LogP contribution is 2.36. The molecule has 0 spiro atoms. The van der Waals surface area contributed by atoms with Gasteiger partial charge in [-0.05, 0) is 26.2 Å². The van der Waals surface area contributed by atoms with E-state index < -0.39 is 12.0 Å². The minimum Gasteiger partial charge on any atom is -0.373 e. The molecule has 0 amide bonds. The Balaban J connectivity index is 1.81. The molecule has 3 atom stereocenters. The Morgan fingerprint density at radius 2 is 2.05 bits per heavy atom. The van der Waals surface area contributed by atoms with E-state index in [1.807, 2.05) is 0 Å². The first-order chi connectivity index (χ1) is 9.95. The predicted octanol–water partition coefficient (Wildman–Crippen LogP) is 2.66. The fourth-order valence-corrected chi connectivity index (χ4v) is 2.90. The van der Waals surface area contributed by atoms with E-state index in [0.717, 1.165) is 19.3 Å². The fourth-order valence-electron chi connectivity index (χ4n) is 2.90. The van der Waals surface area contributed by atoms with Crippen LogP contribution in [-0.4, -0.2) is 34.8 Å². The molecule has 5 nitrogen and oxygen atoms in total. The molecule has 1 aromatic rings. The SMILES string of the molecule is CCNc1cc(NC2CC3CCC2O3)nc(C(F)(F)F)n1. The summed E-state index contributed by atoms with van der Waals surface area (Å²) in [5, 5.41) is 5.86. The number of nitrogens with one attached hydrogen (secondary N) is 2. The molecule has 0 radical (unpaired) electrons. The number of hydrogen-bond acceptors (Lipinski definition) is 5. The molecule has 3 heterocycles. The van der Waals surface area contributed by atoms with Crippen molar-refractivity contribution in [2.24, 2.45) is 0 Å². The molecule has 2 bridgehead atoms. The number of nitrogens with zero attached hydrogens (tertiary/aromatic N) is 2. The van der Waals surface area contributed by atoms with Gasteiger partial charge in [-0.3, -0.25) is 0 Å². The first-order valence-electron chi connectivity index (χ1n) is 7.08. The van der Waals surface area contributed by atoms with Gasteiger partial charge in [0.2, 0.25) is 5.82 Å². The summed E-state index contributed by atoms with van der Waals surface area (Å²) in [5.41, 5.74) is 0. The molecule has 3 unspecified atom stereocenters. The minimum absolute atomic E-state index is 0.0224. The summed E-state index contributed by atoms with van der Waals surface area (Å²) in [6.45, 7) is 2.29. The zero-order chi connectivity index (χ0) is 15.0. The maximum absolute atomic E-state index is 12.8. The largest absolute Gasteiger partial charge is 0.451 e. The van der Waals surface area contributed by atoms with Crippen molar-refractivity contribution in [2.45, 2.75) is 50.6 Å².